The Bertz CT molecular complexity index is 1460. The SMILES string of the molecule is Cc1cc2oc3c(c(=O)c2cc1Cl)C(c1cccc(O)c1)N(Cc1ccccc1Cl)C3=O. The summed E-state index contributed by atoms with van der Waals surface area (Å²) >= 11 is 12.6. The number of amides is 1. The van der Waals surface area contributed by atoms with Gasteiger partial charge in [0, 0.05) is 16.6 Å². The number of halogens is 2. The molecule has 0 saturated carbocycles. The molecule has 1 aromatic heterocycles. The minimum Gasteiger partial charge on any atom is -0.508 e. The van der Waals surface area contributed by atoms with Crippen molar-refractivity contribution in [2.75, 3.05) is 0 Å². The molecule has 0 fully saturated rings. The number of aromatic hydroxyl groups is 1. The molecule has 0 spiro atoms. The molecule has 7 heteroatoms. The molecule has 1 aliphatic rings. The Labute approximate surface area is 193 Å². The van der Waals surface area contributed by atoms with Gasteiger partial charge in [-0.2, -0.15) is 0 Å². The Morgan fingerprint density at radius 3 is 2.53 bits per heavy atom. The van der Waals surface area contributed by atoms with E-state index in [1.54, 1.807) is 48.2 Å². The highest BCUT2D eigenvalue weighted by molar-refractivity contribution is 6.32. The number of hydrogen-bond acceptors (Lipinski definition) is 4. The standard InChI is InChI=1S/C25H17Cl2NO4/c1-13-9-20-17(11-19(13)27)23(30)21-22(14-6-4-7-16(29)10-14)28(25(31)24(21)32-20)12-15-5-2-3-8-18(15)26/h2-11,22,29H,12H2,1H3. The number of hydrogen-bond donors (Lipinski definition) is 1. The van der Waals surface area contributed by atoms with Crippen LogP contribution in [0.25, 0.3) is 11.0 Å². The second-order valence-electron chi connectivity index (χ2n) is 7.79. The zero-order chi connectivity index (χ0) is 22.6. The van der Waals surface area contributed by atoms with Gasteiger partial charge in [0.25, 0.3) is 5.91 Å². The molecule has 0 aliphatic carbocycles. The summed E-state index contributed by atoms with van der Waals surface area (Å²) in [6, 6.07) is 16.2. The highest BCUT2D eigenvalue weighted by Crippen LogP contribution is 2.40. The summed E-state index contributed by atoms with van der Waals surface area (Å²) < 4.78 is 5.97. The van der Waals surface area contributed by atoms with Crippen molar-refractivity contribution in [2.24, 2.45) is 0 Å². The van der Waals surface area contributed by atoms with E-state index in [-0.39, 0.29) is 29.0 Å². The smallest absolute Gasteiger partial charge is 0.291 e. The van der Waals surface area contributed by atoms with E-state index in [1.807, 2.05) is 18.2 Å². The van der Waals surface area contributed by atoms with E-state index in [0.29, 0.717) is 26.6 Å². The lowest BCUT2D eigenvalue weighted by molar-refractivity contribution is 0.0714. The topological polar surface area (TPSA) is 70.8 Å². The summed E-state index contributed by atoms with van der Waals surface area (Å²) in [4.78, 5) is 28.6. The fourth-order valence-electron chi connectivity index (χ4n) is 4.16. The van der Waals surface area contributed by atoms with E-state index in [9.17, 15) is 14.7 Å². The van der Waals surface area contributed by atoms with Gasteiger partial charge in [-0.3, -0.25) is 9.59 Å². The number of carbonyl (C=O) groups is 1. The van der Waals surface area contributed by atoms with Crippen molar-refractivity contribution in [3.05, 3.63) is 109 Å². The van der Waals surface area contributed by atoms with Gasteiger partial charge in [-0.15, -0.1) is 0 Å². The Balaban J connectivity index is 1.76. The van der Waals surface area contributed by atoms with E-state index in [1.165, 1.54) is 6.07 Å². The average molecular weight is 466 g/mol. The molecule has 1 aliphatic heterocycles. The first-order chi connectivity index (χ1) is 15.3. The molecule has 0 radical (unpaired) electrons. The molecule has 3 aromatic carbocycles. The van der Waals surface area contributed by atoms with Gasteiger partial charge in [0.05, 0.1) is 17.0 Å². The summed E-state index contributed by atoms with van der Waals surface area (Å²) in [6.07, 6.45) is 0. The lowest BCUT2D eigenvalue weighted by Gasteiger charge is -2.25. The molecule has 1 atom stereocenters. The van der Waals surface area contributed by atoms with Gasteiger partial charge in [-0.25, -0.2) is 0 Å². The molecule has 1 unspecified atom stereocenters. The molecule has 5 nitrogen and oxygen atoms in total. The first-order valence-corrected chi connectivity index (χ1v) is 10.7. The summed E-state index contributed by atoms with van der Waals surface area (Å²) in [6.45, 7) is 1.97. The molecule has 1 amide bonds. The first kappa shape index (κ1) is 20.6. The number of nitrogens with zero attached hydrogens (tertiary/aromatic N) is 1. The fourth-order valence-corrected chi connectivity index (χ4v) is 4.51. The van der Waals surface area contributed by atoms with Gasteiger partial charge in [0.2, 0.25) is 5.76 Å². The Morgan fingerprint density at radius 1 is 1.00 bits per heavy atom. The van der Waals surface area contributed by atoms with Gasteiger partial charge in [0.1, 0.15) is 11.3 Å². The molecule has 2 heterocycles. The monoisotopic (exact) mass is 465 g/mol. The molecule has 32 heavy (non-hydrogen) atoms. The van der Waals surface area contributed by atoms with Crippen LogP contribution in [0, 0.1) is 6.92 Å². The van der Waals surface area contributed by atoms with Crippen LogP contribution in [-0.2, 0) is 6.54 Å². The Hall–Kier alpha value is -3.28. The second-order valence-corrected chi connectivity index (χ2v) is 8.61. The predicted molar refractivity (Wildman–Crippen MR) is 124 cm³/mol. The average Bonchev–Trinajstić information content (AvgIpc) is 3.03. The van der Waals surface area contributed by atoms with Gasteiger partial charge < -0.3 is 14.4 Å². The number of fused-ring (bicyclic) bond motifs is 2. The quantitative estimate of drug-likeness (QED) is 0.411. The van der Waals surface area contributed by atoms with Gasteiger partial charge in [0.15, 0.2) is 5.43 Å². The molecular formula is C25H17Cl2NO4. The Morgan fingerprint density at radius 2 is 1.78 bits per heavy atom. The van der Waals surface area contributed by atoms with E-state index in [4.69, 9.17) is 27.6 Å². The van der Waals surface area contributed by atoms with Gasteiger partial charge >= 0.3 is 0 Å². The van der Waals surface area contributed by atoms with Crippen LogP contribution in [0.1, 0.15) is 38.9 Å². The van der Waals surface area contributed by atoms with Crippen molar-refractivity contribution in [3.63, 3.8) is 0 Å². The lowest BCUT2D eigenvalue weighted by Crippen LogP contribution is -2.29. The van der Waals surface area contributed by atoms with E-state index in [0.717, 1.165) is 11.1 Å². The Kier molecular flexibility index (Phi) is 4.96. The number of rotatable bonds is 3. The highest BCUT2D eigenvalue weighted by Gasteiger charge is 2.43. The largest absolute Gasteiger partial charge is 0.508 e. The lowest BCUT2D eigenvalue weighted by atomic mass is 9.98. The molecule has 5 rings (SSSR count). The second kappa shape index (κ2) is 7.69. The van der Waals surface area contributed by atoms with Crippen molar-refractivity contribution in [3.8, 4) is 5.75 Å². The minimum atomic E-state index is -0.749. The summed E-state index contributed by atoms with van der Waals surface area (Å²) in [7, 11) is 0. The third kappa shape index (κ3) is 3.25. The molecule has 0 bridgehead atoms. The summed E-state index contributed by atoms with van der Waals surface area (Å²) in [5, 5.41) is 11.3. The van der Waals surface area contributed by atoms with Crippen molar-refractivity contribution in [2.45, 2.75) is 19.5 Å². The number of carbonyl (C=O) groups excluding carboxylic acids is 1. The van der Waals surface area contributed by atoms with Crippen molar-refractivity contribution >= 4 is 40.1 Å². The van der Waals surface area contributed by atoms with Crippen LogP contribution in [0.5, 0.6) is 5.75 Å². The maximum atomic E-state index is 13.6. The van der Waals surface area contributed by atoms with Gasteiger partial charge in [-0.05, 0) is 53.9 Å². The number of aryl methyl sites for hydroxylation is 1. The van der Waals surface area contributed by atoms with Crippen LogP contribution in [0.2, 0.25) is 10.0 Å². The van der Waals surface area contributed by atoms with Crippen molar-refractivity contribution in [1.29, 1.82) is 0 Å². The van der Waals surface area contributed by atoms with Crippen LogP contribution in [0.4, 0.5) is 0 Å². The normalized spacial score (nSPS) is 15.4. The van der Waals surface area contributed by atoms with Crippen molar-refractivity contribution in [1.82, 2.24) is 4.90 Å². The van der Waals surface area contributed by atoms with E-state index < -0.39 is 11.9 Å². The maximum absolute atomic E-state index is 13.6. The van der Waals surface area contributed by atoms with Crippen LogP contribution >= 0.6 is 23.2 Å². The van der Waals surface area contributed by atoms with Crippen LogP contribution in [0.15, 0.2) is 69.9 Å². The molecule has 0 saturated heterocycles. The number of phenols is 1. The minimum absolute atomic E-state index is 0.00961. The molecular weight excluding hydrogens is 449 g/mol. The van der Waals surface area contributed by atoms with E-state index >= 15 is 0 Å². The van der Waals surface area contributed by atoms with Crippen LogP contribution in [-0.4, -0.2) is 15.9 Å². The first-order valence-electron chi connectivity index (χ1n) is 9.95. The molecule has 1 N–H and O–H groups in total. The summed E-state index contributed by atoms with van der Waals surface area (Å²) in [5.74, 6) is -0.394. The highest BCUT2D eigenvalue weighted by atomic mass is 35.5. The maximum Gasteiger partial charge on any atom is 0.291 e. The molecule has 4 aromatic rings. The zero-order valence-corrected chi connectivity index (χ0v) is 18.4. The zero-order valence-electron chi connectivity index (χ0n) is 16.9. The fraction of sp³-hybridized carbons (Fsp3) is 0.120. The van der Waals surface area contributed by atoms with Crippen molar-refractivity contribution < 1.29 is 14.3 Å². The third-order valence-electron chi connectivity index (χ3n) is 5.73. The summed E-state index contributed by atoms with van der Waals surface area (Å²) in [5.41, 5.74) is 2.26. The number of benzene rings is 3. The third-order valence-corrected chi connectivity index (χ3v) is 6.51. The predicted octanol–water partition coefficient (Wildman–Crippen LogP) is 5.86. The number of phenolic OH excluding ortho intramolecular Hbond substituents is 1. The van der Waals surface area contributed by atoms with Crippen LogP contribution in [0.3, 0.4) is 0 Å². The van der Waals surface area contributed by atoms with Crippen LogP contribution < -0.4 is 5.43 Å². The molecule has 160 valence electrons. The van der Waals surface area contributed by atoms with Gasteiger partial charge in [-0.1, -0.05) is 53.5 Å². The van der Waals surface area contributed by atoms with E-state index in [2.05, 4.69) is 0 Å².